The summed E-state index contributed by atoms with van der Waals surface area (Å²) in [4.78, 5) is 33.1. The minimum Gasteiger partial charge on any atom is -0.489 e. The second-order valence-electron chi connectivity index (χ2n) is 11.3. The molecule has 248 valence electrons. The molecule has 0 unspecified atom stereocenters. The van der Waals surface area contributed by atoms with Crippen molar-refractivity contribution in [2.24, 2.45) is 0 Å². The molecule has 3 aromatic rings. The van der Waals surface area contributed by atoms with Crippen molar-refractivity contribution in [2.75, 3.05) is 13.2 Å². The highest BCUT2D eigenvalue weighted by Gasteiger charge is 2.40. The number of nitrogens with zero attached hydrogens (tertiary/aromatic N) is 1. The lowest BCUT2D eigenvalue weighted by Crippen LogP contribution is -2.42. The van der Waals surface area contributed by atoms with Crippen LogP contribution in [0.25, 0.3) is 0 Å². The Morgan fingerprint density at radius 1 is 0.891 bits per heavy atom. The van der Waals surface area contributed by atoms with Gasteiger partial charge in [-0.15, -0.1) is 0 Å². The zero-order valence-electron chi connectivity index (χ0n) is 25.4. The van der Waals surface area contributed by atoms with Crippen molar-refractivity contribution in [1.29, 1.82) is 0 Å². The molecular weight excluding hydrogens is 618 g/mol. The fourth-order valence-corrected chi connectivity index (χ4v) is 6.43. The number of hydrogen-bond acceptors (Lipinski definition) is 9. The van der Waals surface area contributed by atoms with Crippen molar-refractivity contribution in [3.63, 3.8) is 0 Å². The number of benzene rings is 3. The first-order valence-electron chi connectivity index (χ1n) is 14.5. The van der Waals surface area contributed by atoms with Crippen LogP contribution in [0.2, 0.25) is 0 Å². The average molecular weight is 658 g/mol. The molecule has 13 heteroatoms. The van der Waals surface area contributed by atoms with Gasteiger partial charge < -0.3 is 30.3 Å². The van der Waals surface area contributed by atoms with E-state index in [0.717, 1.165) is 37.1 Å². The van der Waals surface area contributed by atoms with Gasteiger partial charge in [0.1, 0.15) is 12.4 Å². The van der Waals surface area contributed by atoms with Gasteiger partial charge in [-0.2, -0.15) is 0 Å². The van der Waals surface area contributed by atoms with Gasteiger partial charge in [0, 0.05) is 12.6 Å². The summed E-state index contributed by atoms with van der Waals surface area (Å²) >= 11 is 0. The van der Waals surface area contributed by atoms with Crippen molar-refractivity contribution in [3.05, 3.63) is 95.1 Å². The van der Waals surface area contributed by atoms with Crippen molar-refractivity contribution < 1.29 is 53.1 Å². The third-order valence-electron chi connectivity index (χ3n) is 7.38. The van der Waals surface area contributed by atoms with Gasteiger partial charge >= 0.3 is 17.9 Å². The van der Waals surface area contributed by atoms with Crippen molar-refractivity contribution in [1.82, 2.24) is 4.90 Å². The van der Waals surface area contributed by atoms with Gasteiger partial charge in [-0.25, -0.2) is 13.2 Å². The van der Waals surface area contributed by atoms with E-state index >= 15 is 0 Å². The minimum atomic E-state index is -3.41. The second kappa shape index (κ2) is 16.3. The van der Waals surface area contributed by atoms with Crippen LogP contribution in [0.1, 0.15) is 47.9 Å². The number of likely N-dealkylation sites (tertiary alicyclic amines) is 1. The Bertz CT molecular complexity index is 1580. The molecule has 1 aliphatic heterocycles. The summed E-state index contributed by atoms with van der Waals surface area (Å²) in [6.07, 6.45) is -0.0842. The molecule has 0 spiro atoms. The Labute approximate surface area is 267 Å². The summed E-state index contributed by atoms with van der Waals surface area (Å²) in [6.45, 7) is 4.46. The van der Waals surface area contributed by atoms with Gasteiger partial charge in [0.2, 0.25) is 0 Å². The molecule has 1 atom stereocenters. The molecule has 0 bridgehead atoms. The van der Waals surface area contributed by atoms with Crippen molar-refractivity contribution in [3.8, 4) is 5.75 Å². The number of rotatable bonds is 14. The lowest BCUT2D eigenvalue weighted by Gasteiger charge is -2.22. The highest BCUT2D eigenvalue weighted by atomic mass is 32.2. The quantitative estimate of drug-likeness (QED) is 0.170. The normalized spacial score (nSPS) is 15.1. The van der Waals surface area contributed by atoms with Gasteiger partial charge in [0.05, 0.1) is 30.1 Å². The fraction of sp³-hybridized carbons (Fsp3) is 0.364. The highest BCUT2D eigenvalue weighted by Crippen LogP contribution is 2.24. The van der Waals surface area contributed by atoms with Crippen LogP contribution >= 0.6 is 0 Å². The predicted molar refractivity (Wildman–Crippen MR) is 167 cm³/mol. The van der Waals surface area contributed by atoms with Crippen LogP contribution in [0.5, 0.6) is 5.75 Å². The Balaban J connectivity index is 0.000000376. The minimum absolute atomic E-state index is 0.0604. The molecule has 0 amide bonds. The van der Waals surface area contributed by atoms with E-state index in [2.05, 4.69) is 29.2 Å². The first kappa shape index (κ1) is 36.2. The van der Waals surface area contributed by atoms with E-state index in [9.17, 15) is 27.9 Å². The number of aryl methyl sites for hydroxylation is 1. The Kier molecular flexibility index (Phi) is 12.8. The maximum absolute atomic E-state index is 12.7. The van der Waals surface area contributed by atoms with E-state index < -0.39 is 46.2 Å². The van der Waals surface area contributed by atoms with E-state index in [1.54, 1.807) is 24.3 Å². The maximum atomic E-state index is 12.7. The molecule has 46 heavy (non-hydrogen) atoms. The lowest BCUT2D eigenvalue weighted by atomic mass is 9.96. The molecule has 12 nitrogen and oxygen atoms in total. The topological polar surface area (TPSA) is 199 Å². The highest BCUT2D eigenvalue weighted by molar-refractivity contribution is 7.90. The number of aliphatic carboxylic acids is 3. The van der Waals surface area contributed by atoms with Crippen LogP contribution in [-0.4, -0.2) is 81.6 Å². The Morgan fingerprint density at radius 2 is 1.50 bits per heavy atom. The van der Waals surface area contributed by atoms with Crippen LogP contribution in [0.3, 0.4) is 0 Å². The number of sulfone groups is 1. The molecule has 4 rings (SSSR count). The monoisotopic (exact) mass is 657 g/mol. The Morgan fingerprint density at radius 3 is 2.07 bits per heavy atom. The van der Waals surface area contributed by atoms with Crippen LogP contribution in [0.15, 0.2) is 77.7 Å². The predicted octanol–water partition coefficient (Wildman–Crippen LogP) is 3.26. The number of carbonyl (C=O) groups is 3. The van der Waals surface area contributed by atoms with Gasteiger partial charge in [0.15, 0.2) is 15.4 Å². The summed E-state index contributed by atoms with van der Waals surface area (Å²) < 4.78 is 31.5. The average Bonchev–Trinajstić information content (AvgIpc) is 3.43. The smallest absolute Gasteiger partial charge is 0.336 e. The zero-order valence-corrected chi connectivity index (χ0v) is 26.2. The van der Waals surface area contributed by atoms with E-state index in [1.807, 2.05) is 31.2 Å². The van der Waals surface area contributed by atoms with Crippen molar-refractivity contribution >= 4 is 27.7 Å². The van der Waals surface area contributed by atoms with Crippen LogP contribution in [-0.2, 0) is 43.1 Å². The molecule has 3 aromatic carbocycles. The standard InChI is InChI=1S/C27H31NO4S.C6H8O7/c1-21-14-24(20-33(30,31)27-7-3-2-4-8-27)16-26(15-21)32-19-23-11-9-22(10-12-23)17-28-13-5-6-25(28)18-29;7-3(8)1-6(13,5(11)12)2-4(9)10/h2-4,7-12,14-16,25,29H,5-6,13,17-20H2,1H3;13H,1-2H2,(H,7,8)(H,9,10)(H,11,12)/t25-;/m1./s1. The summed E-state index contributed by atoms with van der Waals surface area (Å²) in [5.74, 6) is -4.41. The lowest BCUT2D eigenvalue weighted by molar-refractivity contribution is -0.170. The maximum Gasteiger partial charge on any atom is 0.336 e. The number of hydrogen-bond donors (Lipinski definition) is 5. The first-order valence-corrected chi connectivity index (χ1v) is 16.2. The summed E-state index contributed by atoms with van der Waals surface area (Å²) in [5, 5.41) is 43.3. The summed E-state index contributed by atoms with van der Waals surface area (Å²) in [7, 11) is -3.41. The van der Waals surface area contributed by atoms with Gasteiger partial charge in [0.25, 0.3) is 0 Å². The first-order chi connectivity index (χ1) is 21.7. The SMILES string of the molecule is Cc1cc(CS(=O)(=O)c2ccccc2)cc(OCc2ccc(CN3CCC[C@@H]3CO)cc2)c1.O=C(O)CC(O)(CC(=O)O)C(=O)O. The number of carboxylic acid groups (broad SMARTS) is 3. The number of ether oxygens (including phenoxy) is 1. The van der Waals surface area contributed by atoms with Crippen LogP contribution < -0.4 is 4.74 Å². The molecule has 0 saturated carbocycles. The molecule has 1 heterocycles. The third-order valence-corrected chi connectivity index (χ3v) is 9.08. The fourth-order valence-electron chi connectivity index (χ4n) is 5.09. The van der Waals surface area contributed by atoms with Crippen LogP contribution in [0, 0.1) is 6.92 Å². The molecule has 1 fully saturated rings. The number of carboxylic acids is 3. The van der Waals surface area contributed by atoms with E-state index in [0.29, 0.717) is 22.8 Å². The largest absolute Gasteiger partial charge is 0.489 e. The summed E-state index contributed by atoms with van der Waals surface area (Å²) in [5.41, 5.74) is 1.22. The van der Waals surface area contributed by atoms with E-state index in [4.69, 9.17) is 25.2 Å². The van der Waals surface area contributed by atoms with Gasteiger partial charge in [-0.1, -0.05) is 48.5 Å². The molecule has 5 N–H and O–H groups in total. The molecular formula is C33H39NO11S. The molecule has 0 aromatic heterocycles. The summed E-state index contributed by atoms with van der Waals surface area (Å²) in [6, 6.07) is 22.8. The molecule has 1 saturated heterocycles. The molecule has 0 radical (unpaired) electrons. The number of aliphatic hydroxyl groups excluding tert-OH is 1. The molecule has 1 aliphatic rings. The third kappa shape index (κ3) is 10.9. The second-order valence-corrected chi connectivity index (χ2v) is 13.2. The number of aliphatic hydroxyl groups is 2. The van der Waals surface area contributed by atoms with Crippen LogP contribution in [0.4, 0.5) is 0 Å². The van der Waals surface area contributed by atoms with Gasteiger partial charge in [-0.05, 0) is 72.8 Å². The van der Waals surface area contributed by atoms with Gasteiger partial charge in [-0.3, -0.25) is 14.5 Å². The van der Waals surface area contributed by atoms with E-state index in [-0.39, 0.29) is 18.4 Å². The van der Waals surface area contributed by atoms with E-state index in [1.165, 1.54) is 5.56 Å². The molecule has 0 aliphatic carbocycles. The zero-order chi connectivity index (χ0) is 33.9. The Hall–Kier alpha value is -4.30. The van der Waals surface area contributed by atoms with Crippen molar-refractivity contribution in [2.45, 2.75) is 68.0 Å².